The third-order valence-corrected chi connectivity index (χ3v) is 2.31. The third-order valence-electron chi connectivity index (χ3n) is 2.31. The summed E-state index contributed by atoms with van der Waals surface area (Å²) < 4.78 is 15.5. The second kappa shape index (κ2) is 7.21. The largest absolute Gasteiger partial charge is 0.493 e. The molecule has 0 radical (unpaired) electrons. The van der Waals surface area contributed by atoms with Crippen LogP contribution < -0.4 is 19.9 Å². The summed E-state index contributed by atoms with van der Waals surface area (Å²) in [6, 6.07) is 2.98. The number of hydrogen-bond donors (Lipinski definition) is 2. The molecule has 0 heterocycles. The predicted molar refractivity (Wildman–Crippen MR) is 67.4 cm³/mol. The van der Waals surface area contributed by atoms with Gasteiger partial charge in [0.05, 0.1) is 34.0 Å². The maximum absolute atomic E-state index is 9.00. The molecule has 0 aliphatic carbocycles. The van der Waals surface area contributed by atoms with Gasteiger partial charge in [0.25, 0.3) is 0 Å². The normalized spacial score (nSPS) is 11.4. The van der Waals surface area contributed by atoms with Crippen LogP contribution in [-0.2, 0) is 0 Å². The molecule has 98 valence electrons. The number of aliphatic hydroxyl groups is 1. The van der Waals surface area contributed by atoms with E-state index in [2.05, 4.69) is 0 Å². The first-order valence-electron chi connectivity index (χ1n) is 4.84. The first kappa shape index (κ1) is 15.8. The van der Waals surface area contributed by atoms with Crippen LogP contribution in [0.4, 0.5) is 0 Å². The van der Waals surface area contributed by atoms with Crippen LogP contribution in [0, 0.1) is 0 Å². The summed E-state index contributed by atoms with van der Waals surface area (Å²) in [6.07, 6.45) is 0. The van der Waals surface area contributed by atoms with Crippen LogP contribution in [0.25, 0.3) is 0 Å². The Balaban J connectivity index is 0.00000256. The zero-order valence-corrected chi connectivity index (χ0v) is 10.9. The second-order valence-electron chi connectivity index (χ2n) is 3.25. The van der Waals surface area contributed by atoms with E-state index in [0.717, 1.165) is 5.56 Å². The van der Waals surface area contributed by atoms with Crippen molar-refractivity contribution >= 4 is 12.4 Å². The van der Waals surface area contributed by atoms with Crippen molar-refractivity contribution in [1.82, 2.24) is 0 Å². The van der Waals surface area contributed by atoms with Crippen LogP contribution in [0.2, 0.25) is 0 Å². The Morgan fingerprint density at radius 3 is 1.88 bits per heavy atom. The maximum atomic E-state index is 9.00. The molecule has 0 aromatic heterocycles. The van der Waals surface area contributed by atoms with Crippen molar-refractivity contribution in [2.24, 2.45) is 5.73 Å². The van der Waals surface area contributed by atoms with Gasteiger partial charge in [-0.25, -0.2) is 0 Å². The quantitative estimate of drug-likeness (QED) is 0.833. The Morgan fingerprint density at radius 2 is 1.59 bits per heavy atom. The highest BCUT2D eigenvalue weighted by atomic mass is 35.5. The molecule has 0 saturated carbocycles. The van der Waals surface area contributed by atoms with Crippen molar-refractivity contribution in [3.63, 3.8) is 0 Å². The van der Waals surface area contributed by atoms with Crippen LogP contribution in [-0.4, -0.2) is 33.0 Å². The monoisotopic (exact) mass is 263 g/mol. The van der Waals surface area contributed by atoms with Crippen molar-refractivity contribution in [3.05, 3.63) is 17.7 Å². The Morgan fingerprint density at radius 1 is 1.12 bits per heavy atom. The van der Waals surface area contributed by atoms with E-state index in [-0.39, 0.29) is 19.0 Å². The van der Waals surface area contributed by atoms with Crippen LogP contribution in [0.3, 0.4) is 0 Å². The molecule has 0 fully saturated rings. The molecular formula is C11H18ClNO4. The molecule has 3 N–H and O–H groups in total. The highest BCUT2D eigenvalue weighted by Gasteiger charge is 2.15. The van der Waals surface area contributed by atoms with Crippen LogP contribution in [0.15, 0.2) is 12.1 Å². The number of hydrogen-bond acceptors (Lipinski definition) is 5. The number of aliphatic hydroxyl groups excluding tert-OH is 1. The molecule has 6 heteroatoms. The summed E-state index contributed by atoms with van der Waals surface area (Å²) in [5, 5.41) is 9.00. The van der Waals surface area contributed by atoms with Crippen molar-refractivity contribution in [2.75, 3.05) is 27.9 Å². The Kier molecular flexibility index (Phi) is 6.72. The molecule has 0 amide bonds. The SMILES string of the molecule is COc1cc([C@@H](N)CO)cc(OC)c1OC.Cl. The number of halogens is 1. The molecular weight excluding hydrogens is 246 g/mol. The van der Waals surface area contributed by atoms with Crippen LogP contribution in [0.5, 0.6) is 17.2 Å². The average molecular weight is 264 g/mol. The molecule has 17 heavy (non-hydrogen) atoms. The van der Waals surface area contributed by atoms with E-state index < -0.39 is 6.04 Å². The molecule has 1 atom stereocenters. The molecule has 1 rings (SSSR count). The fourth-order valence-corrected chi connectivity index (χ4v) is 1.42. The number of methoxy groups -OCH3 is 3. The summed E-state index contributed by atoms with van der Waals surface area (Å²) in [7, 11) is 4.60. The van der Waals surface area contributed by atoms with E-state index in [1.807, 2.05) is 0 Å². The summed E-state index contributed by atoms with van der Waals surface area (Å²) in [6.45, 7) is -0.140. The summed E-state index contributed by atoms with van der Waals surface area (Å²) >= 11 is 0. The molecule has 0 aliphatic heterocycles. The fraction of sp³-hybridized carbons (Fsp3) is 0.455. The van der Waals surface area contributed by atoms with E-state index in [1.54, 1.807) is 12.1 Å². The highest BCUT2D eigenvalue weighted by Crippen LogP contribution is 2.39. The number of nitrogens with two attached hydrogens (primary N) is 1. The summed E-state index contributed by atoms with van der Waals surface area (Å²) in [5.41, 5.74) is 6.46. The van der Waals surface area contributed by atoms with E-state index in [9.17, 15) is 0 Å². The molecule has 0 bridgehead atoms. The molecule has 0 unspecified atom stereocenters. The zero-order valence-electron chi connectivity index (χ0n) is 10.1. The van der Waals surface area contributed by atoms with E-state index >= 15 is 0 Å². The van der Waals surface area contributed by atoms with Crippen molar-refractivity contribution < 1.29 is 19.3 Å². The van der Waals surface area contributed by atoms with Gasteiger partial charge in [-0.3, -0.25) is 0 Å². The van der Waals surface area contributed by atoms with E-state index in [0.29, 0.717) is 17.2 Å². The van der Waals surface area contributed by atoms with Gasteiger partial charge < -0.3 is 25.1 Å². The maximum Gasteiger partial charge on any atom is 0.203 e. The van der Waals surface area contributed by atoms with Crippen molar-refractivity contribution in [2.45, 2.75) is 6.04 Å². The molecule has 1 aromatic carbocycles. The Bertz CT molecular complexity index is 334. The van der Waals surface area contributed by atoms with Gasteiger partial charge in [0.2, 0.25) is 5.75 Å². The average Bonchev–Trinajstić information content (AvgIpc) is 2.35. The zero-order chi connectivity index (χ0) is 12.1. The van der Waals surface area contributed by atoms with Gasteiger partial charge in [0, 0.05) is 0 Å². The van der Waals surface area contributed by atoms with Crippen LogP contribution in [0.1, 0.15) is 11.6 Å². The van der Waals surface area contributed by atoms with E-state index in [1.165, 1.54) is 21.3 Å². The lowest BCUT2D eigenvalue weighted by Crippen LogP contribution is -2.14. The first-order chi connectivity index (χ1) is 7.67. The molecule has 5 nitrogen and oxygen atoms in total. The molecule has 0 aliphatic rings. The Labute approximate surface area is 107 Å². The lowest BCUT2D eigenvalue weighted by Gasteiger charge is -2.16. The summed E-state index contributed by atoms with van der Waals surface area (Å²) in [5.74, 6) is 1.57. The van der Waals surface area contributed by atoms with Gasteiger partial charge in [0.1, 0.15) is 0 Å². The van der Waals surface area contributed by atoms with Gasteiger partial charge in [0.15, 0.2) is 11.5 Å². The smallest absolute Gasteiger partial charge is 0.203 e. The molecule has 0 spiro atoms. The molecule has 0 saturated heterocycles. The van der Waals surface area contributed by atoms with Crippen molar-refractivity contribution in [1.29, 1.82) is 0 Å². The van der Waals surface area contributed by atoms with Gasteiger partial charge in [-0.15, -0.1) is 12.4 Å². The highest BCUT2D eigenvalue weighted by molar-refractivity contribution is 5.85. The minimum atomic E-state index is -0.464. The van der Waals surface area contributed by atoms with Crippen molar-refractivity contribution in [3.8, 4) is 17.2 Å². The van der Waals surface area contributed by atoms with Crippen LogP contribution >= 0.6 is 12.4 Å². The predicted octanol–water partition coefficient (Wildman–Crippen LogP) is 1.13. The topological polar surface area (TPSA) is 73.9 Å². The van der Waals surface area contributed by atoms with Gasteiger partial charge in [-0.1, -0.05) is 0 Å². The Hall–Kier alpha value is -1.17. The van der Waals surface area contributed by atoms with Gasteiger partial charge >= 0.3 is 0 Å². The minimum absolute atomic E-state index is 0. The fourth-order valence-electron chi connectivity index (χ4n) is 1.42. The standard InChI is InChI=1S/C11H17NO4.ClH/c1-14-9-4-7(8(12)6-13)5-10(15-2)11(9)16-3;/h4-5,8,13H,6,12H2,1-3H3;1H/t8-;/m0./s1. The number of rotatable bonds is 5. The molecule has 1 aromatic rings. The number of ether oxygens (including phenoxy) is 3. The first-order valence-corrected chi connectivity index (χ1v) is 4.84. The number of benzene rings is 1. The van der Waals surface area contributed by atoms with Gasteiger partial charge in [-0.05, 0) is 17.7 Å². The van der Waals surface area contributed by atoms with E-state index in [4.69, 9.17) is 25.1 Å². The lowest BCUT2D eigenvalue weighted by atomic mass is 10.1. The minimum Gasteiger partial charge on any atom is -0.493 e. The lowest BCUT2D eigenvalue weighted by molar-refractivity contribution is 0.266. The summed E-state index contributed by atoms with van der Waals surface area (Å²) in [4.78, 5) is 0. The second-order valence-corrected chi connectivity index (χ2v) is 3.25. The van der Waals surface area contributed by atoms with Gasteiger partial charge in [-0.2, -0.15) is 0 Å². The third kappa shape index (κ3) is 3.39.